The molecule has 1 atom stereocenters. The molecule has 0 heterocycles. The van der Waals surface area contributed by atoms with Crippen LogP contribution in [-0.2, 0) is 0 Å². The van der Waals surface area contributed by atoms with Gasteiger partial charge < -0.3 is 10.4 Å². The zero-order valence-corrected chi connectivity index (χ0v) is 12.4. The van der Waals surface area contributed by atoms with Gasteiger partial charge in [-0.15, -0.1) is 0 Å². The second-order valence-electron chi connectivity index (χ2n) is 7.27. The maximum absolute atomic E-state index is 9.43. The molecule has 2 nitrogen and oxygen atoms in total. The Morgan fingerprint density at radius 3 is 2.32 bits per heavy atom. The fourth-order valence-corrected chi connectivity index (χ4v) is 2.51. The van der Waals surface area contributed by atoms with Crippen LogP contribution >= 0.6 is 0 Å². The van der Waals surface area contributed by atoms with Gasteiger partial charge in [-0.3, -0.25) is 0 Å². The lowest BCUT2D eigenvalue weighted by atomic mass is 9.85. The highest BCUT2D eigenvalue weighted by atomic mass is 16.3. The van der Waals surface area contributed by atoms with Crippen LogP contribution in [0.5, 0.6) is 0 Å². The first-order valence-electron chi connectivity index (χ1n) is 7.33. The van der Waals surface area contributed by atoms with Crippen LogP contribution in [0.4, 0.5) is 0 Å². The molecule has 2 N–H and O–H groups in total. The van der Waals surface area contributed by atoms with Crippen LogP contribution in [-0.4, -0.2) is 18.3 Å². The van der Waals surface area contributed by atoms with Crippen LogP contribution < -0.4 is 5.32 Å². The van der Waals surface area contributed by atoms with Crippen LogP contribution in [0.1, 0.15) is 51.6 Å². The molecule has 0 amide bonds. The number of nitrogens with one attached hydrogen (secondary N) is 1. The van der Waals surface area contributed by atoms with E-state index in [1.54, 1.807) is 0 Å². The molecule has 0 radical (unpaired) electrons. The summed E-state index contributed by atoms with van der Waals surface area (Å²) in [5.74, 6) is 0. The van der Waals surface area contributed by atoms with E-state index in [4.69, 9.17) is 0 Å². The number of aliphatic hydroxyl groups excluding tert-OH is 1. The van der Waals surface area contributed by atoms with Gasteiger partial charge >= 0.3 is 0 Å². The average molecular weight is 261 g/mol. The molecule has 0 aromatic heterocycles. The molecule has 0 spiro atoms. The van der Waals surface area contributed by atoms with Gasteiger partial charge in [-0.1, -0.05) is 51.1 Å². The number of hydrogen-bond donors (Lipinski definition) is 2. The first kappa shape index (κ1) is 14.5. The predicted molar refractivity (Wildman–Crippen MR) is 80.0 cm³/mol. The molecule has 19 heavy (non-hydrogen) atoms. The van der Waals surface area contributed by atoms with E-state index >= 15 is 0 Å². The third-order valence-electron chi connectivity index (χ3n) is 4.03. The van der Waals surface area contributed by atoms with Crippen molar-refractivity contribution in [3.63, 3.8) is 0 Å². The van der Waals surface area contributed by atoms with Crippen molar-refractivity contribution >= 4 is 0 Å². The minimum atomic E-state index is 0.172. The zero-order chi connectivity index (χ0) is 13.9. The molecule has 0 aliphatic heterocycles. The van der Waals surface area contributed by atoms with E-state index in [0.29, 0.717) is 18.1 Å². The van der Waals surface area contributed by atoms with Gasteiger partial charge in [0.15, 0.2) is 0 Å². The SMILES string of the molecule is CC(C)(C)CC(NCC1(CO)CC1)c1ccccc1. The standard InChI is InChI=1S/C17H27NO/c1-16(2,3)11-15(14-7-5-4-6-8-14)18-12-17(13-19)9-10-17/h4-8,15,18-19H,9-13H2,1-3H3. The molecule has 1 saturated carbocycles. The largest absolute Gasteiger partial charge is 0.396 e. The molecule has 0 saturated heterocycles. The lowest BCUT2D eigenvalue weighted by Crippen LogP contribution is -2.32. The normalized spacial score (nSPS) is 19.2. The van der Waals surface area contributed by atoms with Gasteiger partial charge in [0, 0.05) is 24.6 Å². The third kappa shape index (κ3) is 4.32. The van der Waals surface area contributed by atoms with E-state index in [0.717, 1.165) is 25.8 Å². The monoisotopic (exact) mass is 261 g/mol. The van der Waals surface area contributed by atoms with E-state index in [9.17, 15) is 5.11 Å². The maximum Gasteiger partial charge on any atom is 0.0499 e. The smallest absolute Gasteiger partial charge is 0.0499 e. The van der Waals surface area contributed by atoms with Gasteiger partial charge in [0.2, 0.25) is 0 Å². The minimum Gasteiger partial charge on any atom is -0.396 e. The van der Waals surface area contributed by atoms with Crippen molar-refractivity contribution in [1.82, 2.24) is 5.32 Å². The van der Waals surface area contributed by atoms with Crippen molar-refractivity contribution in [3.8, 4) is 0 Å². The van der Waals surface area contributed by atoms with Crippen molar-refractivity contribution < 1.29 is 5.11 Å². The van der Waals surface area contributed by atoms with Crippen molar-refractivity contribution in [3.05, 3.63) is 35.9 Å². The highest BCUT2D eigenvalue weighted by Gasteiger charge is 2.42. The Balaban J connectivity index is 2.02. The molecule has 1 unspecified atom stereocenters. The topological polar surface area (TPSA) is 32.3 Å². The number of rotatable bonds is 6. The average Bonchev–Trinajstić information content (AvgIpc) is 3.15. The molecule has 1 fully saturated rings. The zero-order valence-electron chi connectivity index (χ0n) is 12.4. The summed E-state index contributed by atoms with van der Waals surface area (Å²) in [5, 5.41) is 13.1. The molecule has 106 valence electrons. The second-order valence-corrected chi connectivity index (χ2v) is 7.27. The van der Waals surface area contributed by atoms with Gasteiger partial charge in [-0.25, -0.2) is 0 Å². The fourth-order valence-electron chi connectivity index (χ4n) is 2.51. The lowest BCUT2D eigenvalue weighted by molar-refractivity contribution is 0.198. The molecule has 0 bridgehead atoms. The van der Waals surface area contributed by atoms with E-state index in [1.165, 1.54) is 5.56 Å². The van der Waals surface area contributed by atoms with Crippen molar-refractivity contribution in [1.29, 1.82) is 0 Å². The van der Waals surface area contributed by atoms with Gasteiger partial charge in [-0.2, -0.15) is 0 Å². The summed E-state index contributed by atoms with van der Waals surface area (Å²) in [6, 6.07) is 11.0. The van der Waals surface area contributed by atoms with Gasteiger partial charge in [-0.05, 0) is 30.2 Å². The molecular formula is C17H27NO. The summed E-state index contributed by atoms with van der Waals surface area (Å²) < 4.78 is 0. The Morgan fingerprint density at radius 2 is 1.84 bits per heavy atom. The van der Waals surface area contributed by atoms with Crippen molar-refractivity contribution in [2.24, 2.45) is 10.8 Å². The summed E-state index contributed by atoms with van der Waals surface area (Å²) in [5.41, 5.74) is 1.82. The van der Waals surface area contributed by atoms with Crippen LogP contribution in [0.2, 0.25) is 0 Å². The van der Waals surface area contributed by atoms with E-state index in [2.05, 4.69) is 56.4 Å². The fraction of sp³-hybridized carbons (Fsp3) is 0.647. The van der Waals surface area contributed by atoms with Crippen LogP contribution in [0.25, 0.3) is 0 Å². The van der Waals surface area contributed by atoms with Crippen molar-refractivity contribution in [2.75, 3.05) is 13.2 Å². The van der Waals surface area contributed by atoms with E-state index in [1.807, 2.05) is 0 Å². The highest BCUT2D eigenvalue weighted by Crippen LogP contribution is 2.45. The summed E-state index contributed by atoms with van der Waals surface area (Å²) in [7, 11) is 0. The van der Waals surface area contributed by atoms with Crippen LogP contribution in [0, 0.1) is 10.8 Å². The number of benzene rings is 1. The second kappa shape index (κ2) is 5.64. The minimum absolute atomic E-state index is 0.172. The van der Waals surface area contributed by atoms with E-state index < -0.39 is 0 Å². The first-order valence-corrected chi connectivity index (χ1v) is 7.33. The lowest BCUT2D eigenvalue weighted by Gasteiger charge is -2.29. The molecule has 1 aromatic carbocycles. The Bertz CT molecular complexity index is 389. The molecule has 1 aliphatic carbocycles. The molecule has 1 aliphatic rings. The van der Waals surface area contributed by atoms with Gasteiger partial charge in [0.1, 0.15) is 0 Å². The van der Waals surface area contributed by atoms with Crippen LogP contribution in [0.15, 0.2) is 30.3 Å². The number of aliphatic hydroxyl groups is 1. The third-order valence-corrected chi connectivity index (χ3v) is 4.03. The van der Waals surface area contributed by atoms with E-state index in [-0.39, 0.29) is 5.41 Å². The Kier molecular flexibility index (Phi) is 4.32. The van der Waals surface area contributed by atoms with Gasteiger partial charge in [0.05, 0.1) is 0 Å². The first-order chi connectivity index (χ1) is 8.94. The summed E-state index contributed by atoms with van der Waals surface area (Å²) >= 11 is 0. The maximum atomic E-state index is 9.43. The van der Waals surface area contributed by atoms with Crippen molar-refractivity contribution in [2.45, 2.75) is 46.1 Å². The molecule has 2 heteroatoms. The summed E-state index contributed by atoms with van der Waals surface area (Å²) in [6.07, 6.45) is 3.43. The van der Waals surface area contributed by atoms with Crippen LogP contribution in [0.3, 0.4) is 0 Å². The quantitative estimate of drug-likeness (QED) is 0.821. The Morgan fingerprint density at radius 1 is 1.21 bits per heavy atom. The predicted octanol–water partition coefficient (Wildman–Crippen LogP) is 3.53. The molecule has 1 aromatic rings. The summed E-state index contributed by atoms with van der Waals surface area (Å²) in [6.45, 7) is 8.09. The van der Waals surface area contributed by atoms with Gasteiger partial charge in [0.25, 0.3) is 0 Å². The molecular weight excluding hydrogens is 234 g/mol. The highest BCUT2D eigenvalue weighted by molar-refractivity contribution is 5.19. The number of hydrogen-bond acceptors (Lipinski definition) is 2. The summed E-state index contributed by atoms with van der Waals surface area (Å²) in [4.78, 5) is 0. The molecule has 2 rings (SSSR count). The Labute approximate surface area is 117 Å². The Hall–Kier alpha value is -0.860.